The summed E-state index contributed by atoms with van der Waals surface area (Å²) in [5.74, 6) is 0. The van der Waals surface area contributed by atoms with Crippen molar-refractivity contribution in [1.29, 1.82) is 0 Å². The van der Waals surface area contributed by atoms with Crippen LogP contribution in [0.3, 0.4) is 0 Å². The van der Waals surface area contributed by atoms with Crippen molar-refractivity contribution in [2.75, 3.05) is 13.1 Å². The standard InChI is InChI=1S/C9H20N2O2/c1-8(12)11(9(2)13)10-6-4-3-5-7-10/h8-9,12-13H,3-7H2,1-2H3. The lowest BCUT2D eigenvalue weighted by molar-refractivity contribution is -0.210. The lowest BCUT2D eigenvalue weighted by Gasteiger charge is -2.40. The second-order valence-electron chi connectivity index (χ2n) is 3.66. The van der Waals surface area contributed by atoms with E-state index in [0.29, 0.717) is 0 Å². The van der Waals surface area contributed by atoms with E-state index in [2.05, 4.69) is 0 Å². The molecule has 1 saturated heterocycles. The van der Waals surface area contributed by atoms with Crippen LogP contribution in [0.4, 0.5) is 0 Å². The molecule has 0 aromatic heterocycles. The van der Waals surface area contributed by atoms with Gasteiger partial charge in [0, 0.05) is 13.1 Å². The average Bonchev–Trinajstić information content (AvgIpc) is 2.04. The molecule has 0 bridgehead atoms. The van der Waals surface area contributed by atoms with Crippen LogP contribution in [0.25, 0.3) is 0 Å². The summed E-state index contributed by atoms with van der Waals surface area (Å²) in [6, 6.07) is 0. The lowest BCUT2D eigenvalue weighted by atomic mass is 10.2. The van der Waals surface area contributed by atoms with Crippen molar-refractivity contribution < 1.29 is 10.2 Å². The third-order valence-corrected chi connectivity index (χ3v) is 2.42. The zero-order valence-electron chi connectivity index (χ0n) is 8.48. The second kappa shape index (κ2) is 4.91. The molecule has 2 atom stereocenters. The average molecular weight is 188 g/mol. The minimum absolute atomic E-state index is 0.613. The normalized spacial score (nSPS) is 24.7. The fraction of sp³-hybridized carbons (Fsp3) is 1.00. The van der Waals surface area contributed by atoms with E-state index in [1.165, 1.54) is 6.42 Å². The molecule has 13 heavy (non-hydrogen) atoms. The highest BCUT2D eigenvalue weighted by atomic mass is 16.3. The summed E-state index contributed by atoms with van der Waals surface area (Å²) in [7, 11) is 0. The van der Waals surface area contributed by atoms with Gasteiger partial charge in [-0.2, -0.15) is 5.01 Å². The number of hydrogen-bond acceptors (Lipinski definition) is 4. The second-order valence-corrected chi connectivity index (χ2v) is 3.66. The maximum Gasteiger partial charge on any atom is 0.120 e. The van der Waals surface area contributed by atoms with E-state index < -0.39 is 12.5 Å². The van der Waals surface area contributed by atoms with E-state index >= 15 is 0 Å². The number of piperidine rings is 1. The van der Waals surface area contributed by atoms with E-state index in [1.54, 1.807) is 18.9 Å². The van der Waals surface area contributed by atoms with E-state index in [0.717, 1.165) is 25.9 Å². The third-order valence-electron chi connectivity index (χ3n) is 2.42. The molecule has 0 amide bonds. The van der Waals surface area contributed by atoms with Gasteiger partial charge in [0.25, 0.3) is 0 Å². The Morgan fingerprint density at radius 1 is 1.00 bits per heavy atom. The van der Waals surface area contributed by atoms with Crippen LogP contribution in [0, 0.1) is 0 Å². The number of hydrogen-bond donors (Lipinski definition) is 2. The molecular formula is C9H20N2O2. The van der Waals surface area contributed by atoms with Crippen molar-refractivity contribution in [3.8, 4) is 0 Å². The smallest absolute Gasteiger partial charge is 0.120 e. The largest absolute Gasteiger partial charge is 0.377 e. The Kier molecular flexibility index (Phi) is 4.12. The minimum Gasteiger partial charge on any atom is -0.377 e. The summed E-state index contributed by atoms with van der Waals surface area (Å²) in [6.07, 6.45) is 2.33. The highest BCUT2D eigenvalue weighted by molar-refractivity contribution is 4.65. The molecule has 0 radical (unpaired) electrons. The maximum atomic E-state index is 9.46. The number of rotatable bonds is 3. The van der Waals surface area contributed by atoms with Crippen molar-refractivity contribution in [2.45, 2.75) is 45.6 Å². The molecule has 78 valence electrons. The third kappa shape index (κ3) is 2.91. The van der Waals surface area contributed by atoms with Crippen LogP contribution in [0.1, 0.15) is 33.1 Å². The molecule has 0 aromatic carbocycles. The lowest BCUT2D eigenvalue weighted by Crippen LogP contribution is -2.53. The Labute approximate surface area is 79.7 Å². The fourth-order valence-electron chi connectivity index (χ4n) is 1.89. The summed E-state index contributed by atoms with van der Waals surface area (Å²) in [5.41, 5.74) is 0. The van der Waals surface area contributed by atoms with Crippen LogP contribution in [-0.4, -0.2) is 45.8 Å². The molecule has 2 N–H and O–H groups in total. The minimum atomic E-state index is -0.613. The van der Waals surface area contributed by atoms with Crippen LogP contribution in [0.5, 0.6) is 0 Å². The molecule has 4 heteroatoms. The monoisotopic (exact) mass is 188 g/mol. The first kappa shape index (κ1) is 10.9. The van der Waals surface area contributed by atoms with Gasteiger partial charge in [0.05, 0.1) is 0 Å². The number of aliphatic hydroxyl groups is 2. The number of hydrazine groups is 1. The van der Waals surface area contributed by atoms with Crippen molar-refractivity contribution in [3.05, 3.63) is 0 Å². The maximum absolute atomic E-state index is 9.46. The van der Waals surface area contributed by atoms with Gasteiger partial charge in [-0.05, 0) is 26.7 Å². The first-order chi connectivity index (χ1) is 6.13. The number of nitrogens with zero attached hydrogens (tertiary/aromatic N) is 2. The van der Waals surface area contributed by atoms with Crippen molar-refractivity contribution in [3.63, 3.8) is 0 Å². The van der Waals surface area contributed by atoms with Gasteiger partial charge in [-0.3, -0.25) is 0 Å². The molecule has 1 heterocycles. The first-order valence-corrected chi connectivity index (χ1v) is 5.02. The molecule has 1 rings (SSSR count). The van der Waals surface area contributed by atoms with Crippen LogP contribution >= 0.6 is 0 Å². The molecule has 0 aromatic rings. The Bertz CT molecular complexity index is 137. The van der Waals surface area contributed by atoms with Crippen LogP contribution in [0.2, 0.25) is 0 Å². The predicted octanol–water partition coefficient (Wildman–Crippen LogP) is 0.366. The Morgan fingerprint density at radius 2 is 1.46 bits per heavy atom. The van der Waals surface area contributed by atoms with Gasteiger partial charge in [-0.15, -0.1) is 0 Å². The Hall–Kier alpha value is -0.160. The van der Waals surface area contributed by atoms with Gasteiger partial charge in [0.1, 0.15) is 12.5 Å². The molecule has 4 nitrogen and oxygen atoms in total. The van der Waals surface area contributed by atoms with E-state index in [4.69, 9.17) is 0 Å². The van der Waals surface area contributed by atoms with Gasteiger partial charge < -0.3 is 10.2 Å². The van der Waals surface area contributed by atoms with Crippen LogP contribution < -0.4 is 0 Å². The summed E-state index contributed by atoms with van der Waals surface area (Å²) >= 11 is 0. The fourth-order valence-corrected chi connectivity index (χ4v) is 1.89. The Morgan fingerprint density at radius 3 is 1.85 bits per heavy atom. The van der Waals surface area contributed by atoms with E-state index in [-0.39, 0.29) is 0 Å². The van der Waals surface area contributed by atoms with Gasteiger partial charge in [-0.25, -0.2) is 5.01 Å². The summed E-state index contributed by atoms with van der Waals surface area (Å²) < 4.78 is 0. The first-order valence-electron chi connectivity index (χ1n) is 5.02. The van der Waals surface area contributed by atoms with Crippen molar-refractivity contribution >= 4 is 0 Å². The molecule has 1 fully saturated rings. The molecule has 0 spiro atoms. The highest BCUT2D eigenvalue weighted by Gasteiger charge is 2.24. The molecular weight excluding hydrogens is 168 g/mol. The molecule has 2 unspecified atom stereocenters. The van der Waals surface area contributed by atoms with E-state index in [1.807, 2.05) is 5.01 Å². The zero-order chi connectivity index (χ0) is 9.84. The zero-order valence-corrected chi connectivity index (χ0v) is 8.48. The quantitative estimate of drug-likeness (QED) is 0.628. The predicted molar refractivity (Wildman–Crippen MR) is 50.6 cm³/mol. The molecule has 0 saturated carbocycles. The van der Waals surface area contributed by atoms with Gasteiger partial charge in [0.15, 0.2) is 0 Å². The Balaban J connectivity index is 2.52. The molecule has 1 aliphatic heterocycles. The molecule has 1 aliphatic rings. The summed E-state index contributed by atoms with van der Waals surface area (Å²) in [6.45, 7) is 5.24. The van der Waals surface area contributed by atoms with E-state index in [9.17, 15) is 10.2 Å². The van der Waals surface area contributed by atoms with Gasteiger partial charge in [0.2, 0.25) is 0 Å². The topological polar surface area (TPSA) is 46.9 Å². The summed E-state index contributed by atoms with van der Waals surface area (Å²) in [5, 5.41) is 22.6. The SMILES string of the molecule is CC(O)N(C(C)O)N1CCCCC1. The van der Waals surface area contributed by atoms with Crippen LogP contribution in [-0.2, 0) is 0 Å². The van der Waals surface area contributed by atoms with Gasteiger partial charge >= 0.3 is 0 Å². The summed E-state index contributed by atoms with van der Waals surface area (Å²) in [4.78, 5) is 0. The number of aliphatic hydroxyl groups excluding tert-OH is 2. The van der Waals surface area contributed by atoms with Crippen LogP contribution in [0.15, 0.2) is 0 Å². The van der Waals surface area contributed by atoms with Crippen molar-refractivity contribution in [1.82, 2.24) is 10.0 Å². The van der Waals surface area contributed by atoms with Gasteiger partial charge in [-0.1, -0.05) is 6.42 Å². The highest BCUT2D eigenvalue weighted by Crippen LogP contribution is 2.14. The molecule has 0 aliphatic carbocycles. The van der Waals surface area contributed by atoms with Crippen molar-refractivity contribution in [2.24, 2.45) is 0 Å².